The second-order valence-electron chi connectivity index (χ2n) is 2.86. The van der Waals surface area contributed by atoms with Crippen molar-refractivity contribution in [2.75, 3.05) is 0 Å². The molecule has 0 aromatic rings. The maximum Gasteiger partial charge on any atom is -0.0173 e. The Kier molecular flexibility index (Phi) is 1.75. The van der Waals surface area contributed by atoms with Crippen LogP contribution in [0.15, 0.2) is 25.3 Å². The van der Waals surface area contributed by atoms with Crippen LogP contribution in [0.1, 0.15) is 13.3 Å². The van der Waals surface area contributed by atoms with Crippen LogP contribution >= 0.6 is 0 Å². The molecular weight excluding hydrogens is 108 g/mol. The van der Waals surface area contributed by atoms with Gasteiger partial charge in [-0.1, -0.05) is 19.1 Å². The Balaban J connectivity index is 2.32. The summed E-state index contributed by atoms with van der Waals surface area (Å²) in [4.78, 5) is 0. The van der Waals surface area contributed by atoms with Gasteiger partial charge >= 0.3 is 0 Å². The van der Waals surface area contributed by atoms with Crippen LogP contribution in [0.3, 0.4) is 0 Å². The first-order chi connectivity index (χ1) is 4.31. The van der Waals surface area contributed by atoms with Gasteiger partial charge in [0.2, 0.25) is 0 Å². The summed E-state index contributed by atoms with van der Waals surface area (Å²) in [6.07, 6.45) is 5.24. The highest BCUT2D eigenvalue weighted by atomic mass is 14.5. The lowest BCUT2D eigenvalue weighted by Gasteiger charge is -1.84. The van der Waals surface area contributed by atoms with E-state index in [0.29, 0.717) is 0 Å². The maximum atomic E-state index is 3.77. The van der Waals surface area contributed by atoms with Crippen molar-refractivity contribution >= 4 is 0 Å². The molecule has 1 rings (SSSR count). The molecule has 0 nitrogen and oxygen atoms in total. The Morgan fingerprint density at radius 3 is 2.44 bits per heavy atom. The van der Waals surface area contributed by atoms with Crippen molar-refractivity contribution < 1.29 is 0 Å². The highest BCUT2D eigenvalue weighted by Gasteiger charge is 2.42. The third-order valence-corrected chi connectivity index (χ3v) is 2.35. The molecule has 1 saturated carbocycles. The van der Waals surface area contributed by atoms with Crippen molar-refractivity contribution in [2.24, 2.45) is 17.8 Å². The molecule has 0 aliphatic heterocycles. The summed E-state index contributed by atoms with van der Waals surface area (Å²) in [6.45, 7) is 9.76. The van der Waals surface area contributed by atoms with Crippen molar-refractivity contribution in [1.29, 1.82) is 0 Å². The molecule has 3 unspecified atom stereocenters. The molecule has 1 aliphatic rings. The topological polar surface area (TPSA) is 0 Å². The normalized spacial score (nSPS) is 39.9. The van der Waals surface area contributed by atoms with Gasteiger partial charge in [-0.25, -0.2) is 0 Å². The second-order valence-corrected chi connectivity index (χ2v) is 2.86. The molecule has 0 N–H and O–H groups in total. The molecule has 0 aromatic heterocycles. The molecule has 0 aromatic carbocycles. The number of hydrogen-bond acceptors (Lipinski definition) is 0. The third-order valence-electron chi connectivity index (χ3n) is 2.35. The zero-order valence-corrected chi connectivity index (χ0v) is 6.01. The van der Waals surface area contributed by atoms with Crippen LogP contribution in [0.4, 0.5) is 0 Å². The summed E-state index contributed by atoms with van der Waals surface area (Å²) in [6, 6.07) is 0. The number of rotatable bonds is 3. The van der Waals surface area contributed by atoms with E-state index in [9.17, 15) is 0 Å². The van der Waals surface area contributed by atoms with E-state index in [-0.39, 0.29) is 0 Å². The molecule has 3 atom stereocenters. The molecule has 0 heterocycles. The monoisotopic (exact) mass is 122 g/mol. The van der Waals surface area contributed by atoms with E-state index >= 15 is 0 Å². The van der Waals surface area contributed by atoms with Gasteiger partial charge in [0.15, 0.2) is 0 Å². The summed E-state index contributed by atoms with van der Waals surface area (Å²) >= 11 is 0. The van der Waals surface area contributed by atoms with E-state index in [1.165, 1.54) is 0 Å². The molecule has 0 radical (unpaired) electrons. The lowest BCUT2D eigenvalue weighted by molar-refractivity contribution is 0.762. The molecular formula is C9H14. The smallest absolute Gasteiger partial charge is 0.0173 e. The van der Waals surface area contributed by atoms with Crippen LogP contribution in [0.5, 0.6) is 0 Å². The maximum absolute atomic E-state index is 3.77. The van der Waals surface area contributed by atoms with Crippen LogP contribution in [0, 0.1) is 17.8 Å². The highest BCUT2D eigenvalue weighted by molar-refractivity contribution is 5.05. The Morgan fingerprint density at radius 2 is 2.11 bits per heavy atom. The Bertz CT molecular complexity index is 124. The standard InChI is InChI=1S/C9H14/c1-4-6-9-7(3)8(9)5-2/h4-5,7-9H,1-2,6H2,3H3. The average molecular weight is 122 g/mol. The third kappa shape index (κ3) is 1.07. The Hall–Kier alpha value is -0.520. The lowest BCUT2D eigenvalue weighted by Crippen LogP contribution is -1.73. The average Bonchev–Trinajstić information content (AvgIpc) is 2.44. The molecule has 1 fully saturated rings. The van der Waals surface area contributed by atoms with Gasteiger partial charge in [0.05, 0.1) is 0 Å². The van der Waals surface area contributed by atoms with E-state index in [1.807, 2.05) is 6.08 Å². The van der Waals surface area contributed by atoms with Crippen LogP contribution in [-0.2, 0) is 0 Å². The van der Waals surface area contributed by atoms with Crippen LogP contribution in [0.2, 0.25) is 0 Å². The van der Waals surface area contributed by atoms with E-state index < -0.39 is 0 Å². The molecule has 9 heavy (non-hydrogen) atoms. The molecule has 50 valence electrons. The predicted molar refractivity (Wildman–Crippen MR) is 41.2 cm³/mol. The van der Waals surface area contributed by atoms with Crippen molar-refractivity contribution in [3.05, 3.63) is 25.3 Å². The molecule has 0 saturated heterocycles. The Labute approximate surface area is 57.3 Å². The van der Waals surface area contributed by atoms with E-state index in [4.69, 9.17) is 0 Å². The molecule has 0 bridgehead atoms. The molecule has 1 aliphatic carbocycles. The fraction of sp³-hybridized carbons (Fsp3) is 0.556. The quantitative estimate of drug-likeness (QED) is 0.505. The Morgan fingerprint density at radius 1 is 1.44 bits per heavy atom. The minimum atomic E-state index is 0.781. The van der Waals surface area contributed by atoms with Gasteiger partial charge in [-0.2, -0.15) is 0 Å². The fourth-order valence-electron chi connectivity index (χ4n) is 1.53. The van der Waals surface area contributed by atoms with E-state index in [2.05, 4.69) is 26.2 Å². The zero-order valence-electron chi connectivity index (χ0n) is 6.01. The van der Waals surface area contributed by atoms with E-state index in [0.717, 1.165) is 24.2 Å². The van der Waals surface area contributed by atoms with Gasteiger partial charge < -0.3 is 0 Å². The molecule has 0 spiro atoms. The minimum Gasteiger partial charge on any atom is -0.103 e. The van der Waals surface area contributed by atoms with Gasteiger partial charge in [-0.15, -0.1) is 13.2 Å². The van der Waals surface area contributed by atoms with Crippen molar-refractivity contribution in [3.63, 3.8) is 0 Å². The fourth-order valence-corrected chi connectivity index (χ4v) is 1.53. The zero-order chi connectivity index (χ0) is 6.85. The summed E-state index contributed by atoms with van der Waals surface area (Å²) in [7, 11) is 0. The first kappa shape index (κ1) is 6.60. The number of hydrogen-bond donors (Lipinski definition) is 0. The summed E-state index contributed by atoms with van der Waals surface area (Å²) in [5.74, 6) is 2.50. The first-order valence-corrected chi connectivity index (χ1v) is 3.54. The van der Waals surface area contributed by atoms with Gasteiger partial charge in [0.25, 0.3) is 0 Å². The van der Waals surface area contributed by atoms with Crippen molar-refractivity contribution in [1.82, 2.24) is 0 Å². The second kappa shape index (κ2) is 2.38. The molecule has 0 amide bonds. The number of allylic oxidation sites excluding steroid dienone is 2. The largest absolute Gasteiger partial charge is 0.103 e. The summed E-state index contributed by atoms with van der Waals surface area (Å²) in [5.41, 5.74) is 0. The van der Waals surface area contributed by atoms with Gasteiger partial charge in [0, 0.05) is 0 Å². The van der Waals surface area contributed by atoms with Gasteiger partial charge in [-0.05, 0) is 24.2 Å². The van der Waals surface area contributed by atoms with Crippen molar-refractivity contribution in [2.45, 2.75) is 13.3 Å². The van der Waals surface area contributed by atoms with Crippen LogP contribution in [0.25, 0.3) is 0 Å². The summed E-state index contributed by atoms with van der Waals surface area (Å²) < 4.78 is 0. The highest BCUT2D eigenvalue weighted by Crippen LogP contribution is 2.48. The van der Waals surface area contributed by atoms with Gasteiger partial charge in [-0.3, -0.25) is 0 Å². The first-order valence-electron chi connectivity index (χ1n) is 3.54. The van der Waals surface area contributed by atoms with Gasteiger partial charge in [0.1, 0.15) is 0 Å². The van der Waals surface area contributed by atoms with Crippen molar-refractivity contribution in [3.8, 4) is 0 Å². The van der Waals surface area contributed by atoms with E-state index in [1.54, 1.807) is 0 Å². The SMILES string of the molecule is C=CCC1C(C)C1C=C. The summed E-state index contributed by atoms with van der Waals surface area (Å²) in [5, 5.41) is 0. The lowest BCUT2D eigenvalue weighted by atomic mass is 10.2. The predicted octanol–water partition coefficient (Wildman–Crippen LogP) is 2.63. The van der Waals surface area contributed by atoms with Crippen LogP contribution in [-0.4, -0.2) is 0 Å². The van der Waals surface area contributed by atoms with Crippen LogP contribution < -0.4 is 0 Å². The molecule has 0 heteroatoms. The minimum absolute atomic E-state index is 0.781.